The van der Waals surface area contributed by atoms with Crippen LogP contribution in [0, 0.1) is 0 Å². The summed E-state index contributed by atoms with van der Waals surface area (Å²) < 4.78 is 5.66. The predicted octanol–water partition coefficient (Wildman–Crippen LogP) is 4.66. The van der Waals surface area contributed by atoms with E-state index in [1.807, 2.05) is 81.4 Å². The van der Waals surface area contributed by atoms with E-state index in [1.54, 1.807) is 4.90 Å². The molecule has 2 aromatic rings. The van der Waals surface area contributed by atoms with Gasteiger partial charge in [-0.15, -0.1) is 0 Å². The van der Waals surface area contributed by atoms with E-state index in [9.17, 15) is 15.0 Å². The van der Waals surface area contributed by atoms with Crippen molar-refractivity contribution in [2.45, 2.75) is 63.2 Å². The van der Waals surface area contributed by atoms with Crippen LogP contribution in [0.5, 0.6) is 0 Å². The number of hydrogen-bond acceptors (Lipinski definition) is 4. The summed E-state index contributed by atoms with van der Waals surface area (Å²) in [5.74, 6) is -0.221. The van der Waals surface area contributed by atoms with Crippen LogP contribution in [0.3, 0.4) is 0 Å². The molecule has 5 nitrogen and oxygen atoms in total. The van der Waals surface area contributed by atoms with Crippen LogP contribution in [-0.2, 0) is 4.74 Å². The molecular formula is C25H33NO4. The van der Waals surface area contributed by atoms with E-state index in [0.717, 1.165) is 11.1 Å². The summed E-state index contributed by atoms with van der Waals surface area (Å²) in [6.45, 7) is 5.98. The molecule has 2 aromatic carbocycles. The van der Waals surface area contributed by atoms with Crippen molar-refractivity contribution >= 4 is 6.09 Å². The van der Waals surface area contributed by atoms with Gasteiger partial charge in [-0.25, -0.2) is 4.79 Å². The molecule has 0 spiro atoms. The minimum atomic E-state index is -1.18. The van der Waals surface area contributed by atoms with Crippen LogP contribution in [0.15, 0.2) is 60.7 Å². The molecule has 2 N–H and O–H groups in total. The number of ether oxygens (including phenoxy) is 1. The molecule has 1 heterocycles. The van der Waals surface area contributed by atoms with Gasteiger partial charge in [0.2, 0.25) is 0 Å². The minimum absolute atomic E-state index is 0.0692. The lowest BCUT2D eigenvalue weighted by atomic mass is 9.74. The second kappa shape index (κ2) is 9.19. The second-order valence-electron chi connectivity index (χ2n) is 9.19. The number of nitrogens with zero attached hydrogens (tertiary/aromatic N) is 1. The van der Waals surface area contributed by atoms with Crippen molar-refractivity contribution in [3.05, 3.63) is 71.8 Å². The van der Waals surface area contributed by atoms with Gasteiger partial charge in [0.25, 0.3) is 0 Å². The highest BCUT2D eigenvalue weighted by Gasteiger charge is 2.48. The fraction of sp³-hybridized carbons (Fsp3) is 0.480. The van der Waals surface area contributed by atoms with Gasteiger partial charge in [-0.05, 0) is 51.2 Å². The Morgan fingerprint density at radius 1 is 1.13 bits per heavy atom. The van der Waals surface area contributed by atoms with Gasteiger partial charge in [0.15, 0.2) is 0 Å². The Kier molecular flexibility index (Phi) is 6.84. The summed E-state index contributed by atoms with van der Waals surface area (Å²) in [6, 6.07) is 18.8. The molecule has 3 atom stereocenters. The number of benzene rings is 2. The number of piperidine rings is 1. The fourth-order valence-electron chi connectivity index (χ4n) is 4.41. The number of hydrogen-bond donors (Lipinski definition) is 2. The number of rotatable bonds is 5. The van der Waals surface area contributed by atoms with Gasteiger partial charge in [0.05, 0.1) is 18.2 Å². The van der Waals surface area contributed by atoms with Gasteiger partial charge in [-0.2, -0.15) is 0 Å². The van der Waals surface area contributed by atoms with Crippen molar-refractivity contribution in [1.29, 1.82) is 0 Å². The van der Waals surface area contributed by atoms with Gasteiger partial charge >= 0.3 is 6.09 Å². The number of carbonyl (C=O) groups excluding carboxylic acids is 1. The monoisotopic (exact) mass is 411 g/mol. The maximum atomic E-state index is 13.1. The molecular weight excluding hydrogens is 378 g/mol. The zero-order valence-electron chi connectivity index (χ0n) is 18.1. The van der Waals surface area contributed by atoms with Crippen LogP contribution in [0.25, 0.3) is 0 Å². The first-order valence-electron chi connectivity index (χ1n) is 10.7. The molecule has 1 aliphatic rings. The summed E-state index contributed by atoms with van der Waals surface area (Å²) >= 11 is 0. The lowest BCUT2D eigenvalue weighted by molar-refractivity contribution is -0.0954. The van der Waals surface area contributed by atoms with Crippen LogP contribution in [-0.4, -0.2) is 45.6 Å². The van der Waals surface area contributed by atoms with Gasteiger partial charge < -0.3 is 14.9 Å². The molecule has 0 aromatic heterocycles. The Balaban J connectivity index is 1.97. The van der Waals surface area contributed by atoms with E-state index in [-0.39, 0.29) is 12.5 Å². The Bertz CT molecular complexity index is 818. The third kappa shape index (κ3) is 5.21. The van der Waals surface area contributed by atoms with Crippen LogP contribution < -0.4 is 0 Å². The Morgan fingerprint density at radius 2 is 1.73 bits per heavy atom. The lowest BCUT2D eigenvalue weighted by Crippen LogP contribution is -2.54. The number of carbonyl (C=O) groups is 1. The molecule has 1 saturated heterocycles. The molecule has 5 heteroatoms. The SMILES string of the molecule is CC(C)(C)OC(=O)N1CCCC(O)(C[C@@H](CO)c2ccccc2)C1c1ccccc1. The van der Waals surface area contributed by atoms with Crippen molar-refractivity contribution in [3.8, 4) is 0 Å². The van der Waals surface area contributed by atoms with E-state index in [2.05, 4.69) is 0 Å². The molecule has 0 radical (unpaired) electrons. The molecule has 162 valence electrons. The van der Waals surface area contributed by atoms with Gasteiger partial charge in [-0.1, -0.05) is 60.7 Å². The highest BCUT2D eigenvalue weighted by molar-refractivity contribution is 5.69. The summed E-state index contributed by atoms with van der Waals surface area (Å²) in [5, 5.41) is 22.0. The molecule has 1 aliphatic heterocycles. The molecule has 1 fully saturated rings. The first kappa shape index (κ1) is 22.3. The van der Waals surface area contributed by atoms with E-state index in [1.165, 1.54) is 0 Å². The largest absolute Gasteiger partial charge is 0.444 e. The van der Waals surface area contributed by atoms with Crippen LogP contribution in [0.2, 0.25) is 0 Å². The van der Waals surface area contributed by atoms with E-state index < -0.39 is 23.3 Å². The molecule has 1 amide bonds. The lowest BCUT2D eigenvalue weighted by Gasteiger charge is -2.48. The normalized spacial score (nSPS) is 23.1. The zero-order valence-corrected chi connectivity index (χ0v) is 18.1. The molecule has 0 bridgehead atoms. The van der Waals surface area contributed by atoms with Gasteiger partial charge in [-0.3, -0.25) is 4.90 Å². The predicted molar refractivity (Wildman–Crippen MR) is 117 cm³/mol. The van der Waals surface area contributed by atoms with E-state index in [0.29, 0.717) is 25.8 Å². The highest BCUT2D eigenvalue weighted by atomic mass is 16.6. The fourth-order valence-corrected chi connectivity index (χ4v) is 4.41. The van der Waals surface area contributed by atoms with Crippen LogP contribution in [0.4, 0.5) is 4.79 Å². The quantitative estimate of drug-likeness (QED) is 0.751. The maximum absolute atomic E-state index is 13.1. The second-order valence-corrected chi connectivity index (χ2v) is 9.19. The number of aliphatic hydroxyl groups is 2. The maximum Gasteiger partial charge on any atom is 0.410 e. The molecule has 30 heavy (non-hydrogen) atoms. The zero-order chi connectivity index (χ0) is 21.8. The van der Waals surface area contributed by atoms with Crippen LogP contribution >= 0.6 is 0 Å². The average Bonchev–Trinajstić information content (AvgIpc) is 2.72. The molecule has 0 saturated carbocycles. The van der Waals surface area contributed by atoms with Crippen molar-refractivity contribution < 1.29 is 19.7 Å². The van der Waals surface area contributed by atoms with Crippen LogP contribution in [0.1, 0.15) is 63.1 Å². The molecule has 2 unspecified atom stereocenters. The minimum Gasteiger partial charge on any atom is -0.444 e. The summed E-state index contributed by atoms with van der Waals surface area (Å²) in [7, 11) is 0. The van der Waals surface area contributed by atoms with Crippen molar-refractivity contribution in [3.63, 3.8) is 0 Å². The Labute approximate surface area is 179 Å². The van der Waals surface area contributed by atoms with Crippen molar-refractivity contribution in [2.24, 2.45) is 0 Å². The first-order valence-corrected chi connectivity index (χ1v) is 10.7. The standard InChI is InChI=1S/C25H33NO4/c1-24(2,3)30-23(28)26-16-10-15-25(29,22(26)20-13-8-5-9-14-20)17-21(18-27)19-11-6-4-7-12-19/h4-9,11-14,21-22,27,29H,10,15-18H2,1-3H3/t21-,22?,25?/m0/s1. The van der Waals surface area contributed by atoms with Gasteiger partial charge in [0, 0.05) is 12.5 Å². The van der Waals surface area contributed by atoms with Gasteiger partial charge in [0.1, 0.15) is 5.60 Å². The van der Waals surface area contributed by atoms with Crippen molar-refractivity contribution in [2.75, 3.05) is 13.2 Å². The summed E-state index contributed by atoms with van der Waals surface area (Å²) in [5.41, 5.74) is 0.0515. The highest BCUT2D eigenvalue weighted by Crippen LogP contribution is 2.45. The smallest absolute Gasteiger partial charge is 0.410 e. The molecule has 3 rings (SSSR count). The van der Waals surface area contributed by atoms with Crippen molar-refractivity contribution in [1.82, 2.24) is 4.90 Å². The average molecular weight is 412 g/mol. The third-order valence-electron chi connectivity index (χ3n) is 5.66. The van der Waals surface area contributed by atoms with E-state index in [4.69, 9.17) is 4.74 Å². The van der Waals surface area contributed by atoms with E-state index >= 15 is 0 Å². The third-order valence-corrected chi connectivity index (χ3v) is 5.66. The Hall–Kier alpha value is -2.37. The number of aliphatic hydroxyl groups excluding tert-OH is 1. The Morgan fingerprint density at radius 3 is 2.30 bits per heavy atom. The number of amides is 1. The topological polar surface area (TPSA) is 70.0 Å². The summed E-state index contributed by atoms with van der Waals surface area (Å²) in [4.78, 5) is 14.7. The number of likely N-dealkylation sites (tertiary alicyclic amines) is 1. The first-order chi connectivity index (χ1) is 14.2. The molecule has 0 aliphatic carbocycles. The summed E-state index contributed by atoms with van der Waals surface area (Å²) in [6.07, 6.45) is 1.16.